The molecule has 5 nitrogen and oxygen atoms in total. The van der Waals surface area contributed by atoms with Crippen molar-refractivity contribution in [3.05, 3.63) is 28.6 Å². The number of nitrogens with one attached hydrogen (secondary N) is 1. The van der Waals surface area contributed by atoms with Gasteiger partial charge in [-0.25, -0.2) is 0 Å². The van der Waals surface area contributed by atoms with E-state index in [-0.39, 0.29) is 11.7 Å². The third-order valence-electron chi connectivity index (χ3n) is 2.88. The summed E-state index contributed by atoms with van der Waals surface area (Å²) in [4.78, 5) is 14.1. The molecule has 5 heteroatoms. The fourth-order valence-electron chi connectivity index (χ4n) is 1.39. The van der Waals surface area contributed by atoms with Gasteiger partial charge in [0.05, 0.1) is 4.92 Å². The predicted octanol–water partition coefficient (Wildman–Crippen LogP) is 2.84. The largest absolute Gasteiger partial charge is 0.377 e. The molecule has 0 saturated carbocycles. The van der Waals surface area contributed by atoms with Crippen molar-refractivity contribution in [3.63, 3.8) is 0 Å². The lowest BCUT2D eigenvalue weighted by atomic mass is 10.0. The van der Waals surface area contributed by atoms with Crippen LogP contribution in [0.15, 0.2) is 18.5 Å². The minimum atomic E-state index is -0.418. The molecule has 0 aliphatic carbocycles. The first-order valence-electron chi connectivity index (χ1n) is 5.41. The predicted molar refractivity (Wildman–Crippen MR) is 63.4 cm³/mol. The van der Waals surface area contributed by atoms with Crippen LogP contribution in [0.25, 0.3) is 0 Å². The lowest BCUT2D eigenvalue weighted by Gasteiger charge is -2.20. The molecule has 0 radical (unpaired) electrons. The minimum Gasteiger partial charge on any atom is -0.377 e. The lowest BCUT2D eigenvalue weighted by molar-refractivity contribution is -0.384. The Balaban J connectivity index is 2.84. The van der Waals surface area contributed by atoms with Crippen LogP contribution >= 0.6 is 0 Å². The molecule has 0 saturated heterocycles. The zero-order valence-electron chi connectivity index (χ0n) is 9.80. The molecule has 0 aliphatic heterocycles. The van der Waals surface area contributed by atoms with Gasteiger partial charge < -0.3 is 5.32 Å². The molecule has 1 heterocycles. The third kappa shape index (κ3) is 2.92. The summed E-state index contributed by atoms with van der Waals surface area (Å²) in [5, 5.41) is 13.9. The van der Waals surface area contributed by atoms with Crippen LogP contribution in [0.4, 0.5) is 11.4 Å². The Kier molecular flexibility index (Phi) is 4.22. The molecule has 2 unspecified atom stereocenters. The van der Waals surface area contributed by atoms with Crippen molar-refractivity contribution in [3.8, 4) is 0 Å². The topological polar surface area (TPSA) is 68.1 Å². The van der Waals surface area contributed by atoms with E-state index < -0.39 is 4.92 Å². The number of nitrogens with zero attached hydrogens (tertiary/aromatic N) is 2. The first kappa shape index (κ1) is 12.4. The van der Waals surface area contributed by atoms with Gasteiger partial charge in [-0.1, -0.05) is 20.3 Å². The Morgan fingerprint density at radius 3 is 2.81 bits per heavy atom. The molecule has 88 valence electrons. The summed E-state index contributed by atoms with van der Waals surface area (Å²) in [6, 6.07) is 1.84. The van der Waals surface area contributed by atoms with Gasteiger partial charge in [-0.3, -0.25) is 15.1 Å². The summed E-state index contributed by atoms with van der Waals surface area (Å²) >= 11 is 0. The second-order valence-electron chi connectivity index (χ2n) is 3.97. The molecule has 0 aliphatic rings. The lowest BCUT2D eigenvalue weighted by Crippen LogP contribution is -2.23. The van der Waals surface area contributed by atoms with Gasteiger partial charge in [-0.15, -0.1) is 0 Å². The number of hydrogen-bond acceptors (Lipinski definition) is 4. The monoisotopic (exact) mass is 223 g/mol. The van der Waals surface area contributed by atoms with E-state index in [1.54, 1.807) is 12.3 Å². The molecular formula is C11H17N3O2. The maximum absolute atomic E-state index is 10.8. The summed E-state index contributed by atoms with van der Waals surface area (Å²) < 4.78 is 0. The Morgan fingerprint density at radius 2 is 2.25 bits per heavy atom. The number of rotatable bonds is 5. The average molecular weight is 223 g/mol. The highest BCUT2D eigenvalue weighted by molar-refractivity contribution is 5.60. The molecule has 0 amide bonds. The number of hydrogen-bond donors (Lipinski definition) is 1. The summed E-state index contributed by atoms with van der Waals surface area (Å²) in [6.07, 6.45) is 3.86. The molecule has 0 bridgehead atoms. The van der Waals surface area contributed by atoms with Gasteiger partial charge in [0.15, 0.2) is 0 Å². The first-order valence-corrected chi connectivity index (χ1v) is 5.41. The molecule has 16 heavy (non-hydrogen) atoms. The van der Waals surface area contributed by atoms with Crippen LogP contribution in [0.5, 0.6) is 0 Å². The van der Waals surface area contributed by atoms with Crippen LogP contribution in [-0.4, -0.2) is 15.9 Å². The summed E-state index contributed by atoms with van der Waals surface area (Å²) in [6.45, 7) is 6.24. The molecule has 0 aromatic carbocycles. The molecule has 0 fully saturated rings. The Hall–Kier alpha value is -1.65. The van der Waals surface area contributed by atoms with Crippen LogP contribution < -0.4 is 5.32 Å². The van der Waals surface area contributed by atoms with E-state index in [9.17, 15) is 10.1 Å². The molecule has 1 N–H and O–H groups in total. The second-order valence-corrected chi connectivity index (χ2v) is 3.97. The van der Waals surface area contributed by atoms with Crippen LogP contribution in [-0.2, 0) is 0 Å². The Labute approximate surface area is 95.0 Å². The smallest absolute Gasteiger partial charge is 0.310 e. The number of aromatic nitrogens is 1. The third-order valence-corrected chi connectivity index (χ3v) is 2.88. The second kappa shape index (κ2) is 5.44. The Bertz CT molecular complexity index is 368. The SMILES string of the molecule is CCC(C)C(C)Nc1ccncc1[N+](=O)[O-]. The molecule has 1 aromatic rings. The van der Waals surface area contributed by atoms with Gasteiger partial charge in [0, 0.05) is 12.2 Å². The van der Waals surface area contributed by atoms with Gasteiger partial charge in [-0.2, -0.15) is 0 Å². The van der Waals surface area contributed by atoms with Gasteiger partial charge >= 0.3 is 5.69 Å². The molecule has 2 atom stereocenters. The van der Waals surface area contributed by atoms with Gasteiger partial charge in [0.2, 0.25) is 0 Å². The maximum atomic E-state index is 10.8. The number of anilines is 1. The summed E-state index contributed by atoms with van der Waals surface area (Å²) in [5.41, 5.74) is 0.561. The van der Waals surface area contributed by atoms with Gasteiger partial charge in [-0.05, 0) is 18.9 Å². The minimum absolute atomic E-state index is 0.0256. The first-order chi connectivity index (χ1) is 7.56. The van der Waals surface area contributed by atoms with E-state index in [0.29, 0.717) is 11.6 Å². The van der Waals surface area contributed by atoms with E-state index in [4.69, 9.17) is 0 Å². The van der Waals surface area contributed by atoms with Crippen LogP contribution in [0.3, 0.4) is 0 Å². The van der Waals surface area contributed by atoms with Crippen molar-refractivity contribution in [2.45, 2.75) is 33.2 Å². The Morgan fingerprint density at radius 1 is 1.56 bits per heavy atom. The highest BCUT2D eigenvalue weighted by atomic mass is 16.6. The summed E-state index contributed by atoms with van der Waals surface area (Å²) in [7, 11) is 0. The standard InChI is InChI=1S/C11H17N3O2/c1-4-8(2)9(3)13-10-5-6-12-7-11(10)14(15)16/h5-9H,4H2,1-3H3,(H,12,13). The van der Waals surface area contributed by atoms with Crippen LogP contribution in [0.2, 0.25) is 0 Å². The van der Waals surface area contributed by atoms with E-state index in [2.05, 4.69) is 24.1 Å². The van der Waals surface area contributed by atoms with E-state index >= 15 is 0 Å². The van der Waals surface area contributed by atoms with E-state index in [0.717, 1.165) is 6.42 Å². The zero-order chi connectivity index (χ0) is 12.1. The highest BCUT2D eigenvalue weighted by Crippen LogP contribution is 2.24. The van der Waals surface area contributed by atoms with E-state index in [1.807, 2.05) is 6.92 Å². The van der Waals surface area contributed by atoms with Crippen molar-refractivity contribution in [1.29, 1.82) is 0 Å². The molecule has 1 rings (SSSR count). The maximum Gasteiger partial charge on any atom is 0.310 e. The molecule has 1 aromatic heterocycles. The fourth-order valence-corrected chi connectivity index (χ4v) is 1.39. The highest BCUT2D eigenvalue weighted by Gasteiger charge is 2.17. The zero-order valence-corrected chi connectivity index (χ0v) is 9.80. The normalized spacial score (nSPS) is 14.2. The van der Waals surface area contributed by atoms with E-state index in [1.165, 1.54) is 6.20 Å². The van der Waals surface area contributed by atoms with Crippen LogP contribution in [0.1, 0.15) is 27.2 Å². The van der Waals surface area contributed by atoms with Gasteiger partial charge in [0.25, 0.3) is 0 Å². The fraction of sp³-hybridized carbons (Fsp3) is 0.545. The van der Waals surface area contributed by atoms with Crippen molar-refractivity contribution >= 4 is 11.4 Å². The average Bonchev–Trinajstić information content (AvgIpc) is 2.28. The van der Waals surface area contributed by atoms with Crippen LogP contribution in [0, 0.1) is 16.0 Å². The van der Waals surface area contributed by atoms with Crippen molar-refractivity contribution in [2.24, 2.45) is 5.92 Å². The van der Waals surface area contributed by atoms with Crippen molar-refractivity contribution < 1.29 is 4.92 Å². The molecule has 0 spiro atoms. The van der Waals surface area contributed by atoms with Crippen molar-refractivity contribution in [1.82, 2.24) is 4.98 Å². The number of nitro groups is 1. The van der Waals surface area contributed by atoms with Crippen molar-refractivity contribution in [2.75, 3.05) is 5.32 Å². The molecular weight excluding hydrogens is 206 g/mol. The van der Waals surface area contributed by atoms with Gasteiger partial charge in [0.1, 0.15) is 11.9 Å². The quantitative estimate of drug-likeness (QED) is 0.615. The number of pyridine rings is 1. The summed E-state index contributed by atoms with van der Waals surface area (Å²) in [5.74, 6) is 0.466.